The fourth-order valence-corrected chi connectivity index (χ4v) is 3.17. The van der Waals surface area contributed by atoms with Gasteiger partial charge in [-0.05, 0) is 26.8 Å². The second-order valence-electron chi connectivity index (χ2n) is 5.37. The molecule has 8 heteroatoms. The Balaban J connectivity index is 3.52. The van der Waals surface area contributed by atoms with E-state index in [4.69, 9.17) is 9.47 Å². The number of ether oxygens (including phenoxy) is 2. The Hall–Kier alpha value is -1.80. The zero-order valence-corrected chi connectivity index (χ0v) is 13.4. The lowest BCUT2D eigenvalue weighted by Crippen LogP contribution is -2.40. The van der Waals surface area contributed by atoms with Crippen LogP contribution < -0.4 is 14.2 Å². The van der Waals surface area contributed by atoms with E-state index >= 15 is 0 Å². The third-order valence-electron chi connectivity index (χ3n) is 2.43. The summed E-state index contributed by atoms with van der Waals surface area (Å²) < 4.78 is 37.0. The van der Waals surface area contributed by atoms with Crippen molar-refractivity contribution in [3.63, 3.8) is 0 Å². The predicted octanol–water partition coefficient (Wildman–Crippen LogP) is 1.48. The van der Waals surface area contributed by atoms with Crippen molar-refractivity contribution in [3.8, 4) is 11.5 Å². The van der Waals surface area contributed by atoms with E-state index in [1.54, 1.807) is 20.8 Å². The van der Waals surface area contributed by atoms with E-state index < -0.39 is 21.5 Å². The van der Waals surface area contributed by atoms with Gasteiger partial charge in [0.05, 0.1) is 19.1 Å². The SMILES string of the molecule is COc1cc(S(=O)(=O)NC(C)(C)C)cc(C(=O)O)c1OC. The van der Waals surface area contributed by atoms with E-state index in [0.29, 0.717) is 0 Å². The Morgan fingerprint density at radius 1 is 1.19 bits per heavy atom. The molecule has 0 heterocycles. The molecule has 0 saturated carbocycles. The zero-order valence-electron chi connectivity index (χ0n) is 12.6. The highest BCUT2D eigenvalue weighted by atomic mass is 32.2. The molecule has 0 fully saturated rings. The number of carboxylic acids is 1. The van der Waals surface area contributed by atoms with Crippen molar-refractivity contribution < 1.29 is 27.8 Å². The topological polar surface area (TPSA) is 102 Å². The van der Waals surface area contributed by atoms with E-state index in [1.807, 2.05) is 0 Å². The molecule has 0 spiro atoms. The first kappa shape index (κ1) is 17.3. The van der Waals surface area contributed by atoms with Crippen molar-refractivity contribution >= 4 is 16.0 Å². The van der Waals surface area contributed by atoms with Gasteiger partial charge in [0.15, 0.2) is 11.5 Å². The molecule has 1 aromatic carbocycles. The first-order chi connectivity index (χ1) is 9.51. The van der Waals surface area contributed by atoms with Crippen molar-refractivity contribution in [2.24, 2.45) is 0 Å². The molecule has 0 aliphatic heterocycles. The fourth-order valence-electron chi connectivity index (χ4n) is 1.72. The van der Waals surface area contributed by atoms with Crippen LogP contribution in [0.4, 0.5) is 0 Å². The molecule has 0 aliphatic rings. The van der Waals surface area contributed by atoms with Crippen LogP contribution in [0.5, 0.6) is 11.5 Å². The van der Waals surface area contributed by atoms with Crippen LogP contribution in [-0.2, 0) is 10.0 Å². The van der Waals surface area contributed by atoms with Gasteiger partial charge in [-0.3, -0.25) is 0 Å². The van der Waals surface area contributed by atoms with Gasteiger partial charge in [-0.1, -0.05) is 0 Å². The van der Waals surface area contributed by atoms with Gasteiger partial charge in [0.2, 0.25) is 10.0 Å². The summed E-state index contributed by atoms with van der Waals surface area (Å²) in [6.45, 7) is 5.05. The van der Waals surface area contributed by atoms with Crippen molar-refractivity contribution in [3.05, 3.63) is 17.7 Å². The molecule has 0 unspecified atom stereocenters. The lowest BCUT2D eigenvalue weighted by atomic mass is 10.1. The number of carbonyl (C=O) groups is 1. The van der Waals surface area contributed by atoms with Crippen LogP contribution in [0.1, 0.15) is 31.1 Å². The van der Waals surface area contributed by atoms with Gasteiger partial charge < -0.3 is 14.6 Å². The van der Waals surface area contributed by atoms with Gasteiger partial charge in [-0.25, -0.2) is 17.9 Å². The fraction of sp³-hybridized carbons (Fsp3) is 0.462. The van der Waals surface area contributed by atoms with Gasteiger partial charge >= 0.3 is 5.97 Å². The highest BCUT2D eigenvalue weighted by molar-refractivity contribution is 7.89. The number of benzene rings is 1. The number of rotatable bonds is 5. The third kappa shape index (κ3) is 4.08. The first-order valence-electron chi connectivity index (χ1n) is 6.05. The zero-order chi connectivity index (χ0) is 16.4. The number of methoxy groups -OCH3 is 2. The molecule has 1 aromatic rings. The molecule has 0 aliphatic carbocycles. The van der Waals surface area contributed by atoms with Gasteiger partial charge in [0.1, 0.15) is 5.56 Å². The van der Waals surface area contributed by atoms with Crippen LogP contribution in [-0.4, -0.2) is 39.3 Å². The average molecular weight is 317 g/mol. The minimum absolute atomic E-state index is 0.0280. The molecular formula is C13H19NO6S. The number of hydrogen-bond acceptors (Lipinski definition) is 5. The maximum absolute atomic E-state index is 12.3. The molecule has 0 amide bonds. The lowest BCUT2D eigenvalue weighted by molar-refractivity contribution is 0.0692. The van der Waals surface area contributed by atoms with Gasteiger partial charge in [0, 0.05) is 11.6 Å². The summed E-state index contributed by atoms with van der Waals surface area (Å²) >= 11 is 0. The molecule has 7 nitrogen and oxygen atoms in total. The Bertz CT molecular complexity index is 645. The molecular weight excluding hydrogens is 298 g/mol. The van der Waals surface area contributed by atoms with E-state index in [1.165, 1.54) is 20.3 Å². The summed E-state index contributed by atoms with van der Waals surface area (Å²) in [6.07, 6.45) is 0. The number of sulfonamides is 1. The van der Waals surface area contributed by atoms with E-state index in [9.17, 15) is 18.3 Å². The van der Waals surface area contributed by atoms with Crippen LogP contribution in [0.3, 0.4) is 0 Å². The second-order valence-corrected chi connectivity index (χ2v) is 7.05. The largest absolute Gasteiger partial charge is 0.493 e. The monoisotopic (exact) mass is 317 g/mol. The Labute approximate surface area is 123 Å². The number of carboxylic acid groups (broad SMARTS) is 1. The summed E-state index contributed by atoms with van der Waals surface area (Å²) in [5.74, 6) is -1.30. The normalized spacial score (nSPS) is 12.0. The summed E-state index contributed by atoms with van der Waals surface area (Å²) in [5.41, 5.74) is -0.985. The standard InChI is InChI=1S/C13H19NO6S/c1-13(2,3)14-21(17,18)8-6-9(12(15)16)11(20-5)10(7-8)19-4/h6-7,14H,1-5H3,(H,15,16). The molecule has 2 N–H and O–H groups in total. The number of nitrogens with one attached hydrogen (secondary N) is 1. The average Bonchev–Trinajstić information content (AvgIpc) is 2.33. The highest BCUT2D eigenvalue weighted by Crippen LogP contribution is 2.34. The van der Waals surface area contributed by atoms with Crippen molar-refractivity contribution in [1.82, 2.24) is 4.72 Å². The first-order valence-corrected chi connectivity index (χ1v) is 7.53. The Morgan fingerprint density at radius 3 is 2.14 bits per heavy atom. The summed E-state index contributed by atoms with van der Waals surface area (Å²) in [6, 6.07) is 2.26. The minimum atomic E-state index is -3.88. The molecule has 1 rings (SSSR count). The van der Waals surface area contributed by atoms with Gasteiger partial charge in [-0.15, -0.1) is 0 Å². The van der Waals surface area contributed by atoms with Crippen molar-refractivity contribution in [2.45, 2.75) is 31.2 Å². The maximum Gasteiger partial charge on any atom is 0.339 e. The predicted molar refractivity (Wildman–Crippen MR) is 76.6 cm³/mol. The van der Waals surface area contributed by atoms with Crippen molar-refractivity contribution in [1.29, 1.82) is 0 Å². The number of hydrogen-bond donors (Lipinski definition) is 2. The smallest absolute Gasteiger partial charge is 0.339 e. The minimum Gasteiger partial charge on any atom is -0.493 e. The molecule has 118 valence electrons. The van der Waals surface area contributed by atoms with Crippen LogP contribution in [0.15, 0.2) is 17.0 Å². The van der Waals surface area contributed by atoms with Gasteiger partial charge in [0.25, 0.3) is 0 Å². The maximum atomic E-state index is 12.3. The quantitative estimate of drug-likeness (QED) is 0.853. The van der Waals surface area contributed by atoms with Crippen LogP contribution in [0.2, 0.25) is 0 Å². The Kier molecular flexibility index (Phi) is 4.85. The molecule has 0 aromatic heterocycles. The molecule has 0 atom stereocenters. The summed E-state index contributed by atoms with van der Waals surface area (Å²) in [7, 11) is -1.29. The molecule has 0 saturated heterocycles. The second kappa shape index (κ2) is 5.90. The highest BCUT2D eigenvalue weighted by Gasteiger charge is 2.26. The van der Waals surface area contributed by atoms with Crippen LogP contribution >= 0.6 is 0 Å². The van der Waals surface area contributed by atoms with Crippen LogP contribution in [0.25, 0.3) is 0 Å². The van der Waals surface area contributed by atoms with E-state index in [-0.39, 0.29) is 22.0 Å². The van der Waals surface area contributed by atoms with Gasteiger partial charge in [-0.2, -0.15) is 0 Å². The van der Waals surface area contributed by atoms with E-state index in [2.05, 4.69) is 4.72 Å². The van der Waals surface area contributed by atoms with Crippen LogP contribution in [0, 0.1) is 0 Å². The molecule has 21 heavy (non-hydrogen) atoms. The molecule has 0 radical (unpaired) electrons. The summed E-state index contributed by atoms with van der Waals surface area (Å²) in [5, 5.41) is 9.19. The van der Waals surface area contributed by atoms with E-state index in [0.717, 1.165) is 6.07 Å². The lowest BCUT2D eigenvalue weighted by Gasteiger charge is -2.21. The number of aromatic carboxylic acids is 1. The molecule has 0 bridgehead atoms. The van der Waals surface area contributed by atoms with Crippen molar-refractivity contribution in [2.75, 3.05) is 14.2 Å². The Morgan fingerprint density at radius 2 is 1.76 bits per heavy atom. The summed E-state index contributed by atoms with van der Waals surface area (Å²) in [4.78, 5) is 11.1. The third-order valence-corrected chi connectivity index (χ3v) is 4.17.